The molecule has 0 aromatic rings. The van der Waals surface area contributed by atoms with Gasteiger partial charge in [0.15, 0.2) is 0 Å². The standard InChI is InChI=1S/C16H33N3O/c1-4-17-16(2,13-20)8-11-19-10-7-15-14(12-19)6-5-9-18(15)3/h14-15,17,20H,4-13H2,1-3H3. The van der Waals surface area contributed by atoms with Gasteiger partial charge in [0.05, 0.1) is 6.61 Å². The van der Waals surface area contributed by atoms with Gasteiger partial charge in [-0.3, -0.25) is 0 Å². The Hall–Kier alpha value is -0.160. The molecule has 20 heavy (non-hydrogen) atoms. The quantitative estimate of drug-likeness (QED) is 0.767. The number of fused-ring (bicyclic) bond motifs is 1. The fourth-order valence-corrected chi connectivity index (χ4v) is 3.99. The monoisotopic (exact) mass is 283 g/mol. The van der Waals surface area contributed by atoms with Crippen molar-refractivity contribution in [2.45, 2.75) is 51.1 Å². The minimum Gasteiger partial charge on any atom is -0.394 e. The molecule has 4 heteroatoms. The Labute approximate surface area is 124 Å². The summed E-state index contributed by atoms with van der Waals surface area (Å²) in [6.07, 6.45) is 5.11. The third kappa shape index (κ3) is 3.94. The van der Waals surface area contributed by atoms with Crippen LogP contribution >= 0.6 is 0 Å². The van der Waals surface area contributed by atoms with Gasteiger partial charge in [0.2, 0.25) is 0 Å². The van der Waals surface area contributed by atoms with Crippen LogP contribution < -0.4 is 5.32 Å². The molecule has 2 fully saturated rings. The Bertz CT molecular complexity index is 299. The maximum absolute atomic E-state index is 9.58. The summed E-state index contributed by atoms with van der Waals surface area (Å²) in [5.41, 5.74) is -0.116. The van der Waals surface area contributed by atoms with E-state index in [0.29, 0.717) is 0 Å². The van der Waals surface area contributed by atoms with Crippen LogP contribution in [0.25, 0.3) is 0 Å². The molecule has 3 atom stereocenters. The van der Waals surface area contributed by atoms with Gasteiger partial charge in [-0.25, -0.2) is 0 Å². The zero-order valence-corrected chi connectivity index (χ0v) is 13.6. The summed E-state index contributed by atoms with van der Waals surface area (Å²) < 4.78 is 0. The molecule has 0 amide bonds. The van der Waals surface area contributed by atoms with Gasteiger partial charge in [-0.1, -0.05) is 6.92 Å². The fourth-order valence-electron chi connectivity index (χ4n) is 3.99. The van der Waals surface area contributed by atoms with Gasteiger partial charge in [-0.15, -0.1) is 0 Å². The number of aliphatic hydroxyl groups excluding tert-OH is 1. The highest BCUT2D eigenvalue weighted by Gasteiger charge is 2.34. The van der Waals surface area contributed by atoms with E-state index < -0.39 is 0 Å². The van der Waals surface area contributed by atoms with Crippen molar-refractivity contribution >= 4 is 0 Å². The van der Waals surface area contributed by atoms with Crippen molar-refractivity contribution in [1.29, 1.82) is 0 Å². The topological polar surface area (TPSA) is 38.7 Å². The van der Waals surface area contributed by atoms with Crippen LogP contribution in [-0.2, 0) is 0 Å². The number of aliphatic hydroxyl groups is 1. The summed E-state index contributed by atoms with van der Waals surface area (Å²) >= 11 is 0. The van der Waals surface area contributed by atoms with E-state index in [0.717, 1.165) is 31.5 Å². The van der Waals surface area contributed by atoms with Crippen molar-refractivity contribution in [3.8, 4) is 0 Å². The van der Waals surface area contributed by atoms with Gasteiger partial charge < -0.3 is 20.2 Å². The highest BCUT2D eigenvalue weighted by Crippen LogP contribution is 2.29. The summed E-state index contributed by atoms with van der Waals surface area (Å²) in [5.74, 6) is 0.863. The zero-order valence-electron chi connectivity index (χ0n) is 13.6. The van der Waals surface area contributed by atoms with E-state index in [1.807, 2.05) is 0 Å². The highest BCUT2D eigenvalue weighted by molar-refractivity contribution is 4.90. The number of hydrogen-bond acceptors (Lipinski definition) is 4. The average molecular weight is 283 g/mol. The predicted octanol–water partition coefficient (Wildman–Crippen LogP) is 1.15. The molecule has 2 heterocycles. The summed E-state index contributed by atoms with van der Waals surface area (Å²) in [7, 11) is 2.29. The van der Waals surface area contributed by atoms with Crippen molar-refractivity contribution in [3.63, 3.8) is 0 Å². The van der Waals surface area contributed by atoms with Crippen LogP contribution in [0.3, 0.4) is 0 Å². The van der Waals surface area contributed by atoms with Gasteiger partial charge in [0.1, 0.15) is 0 Å². The Kier molecular flexibility index (Phi) is 5.84. The van der Waals surface area contributed by atoms with Gasteiger partial charge >= 0.3 is 0 Å². The van der Waals surface area contributed by atoms with E-state index in [4.69, 9.17) is 0 Å². The molecule has 0 aliphatic carbocycles. The van der Waals surface area contributed by atoms with Crippen molar-refractivity contribution in [2.75, 3.05) is 46.4 Å². The first kappa shape index (κ1) is 16.2. The molecule has 4 nitrogen and oxygen atoms in total. The van der Waals surface area contributed by atoms with Gasteiger partial charge in [-0.2, -0.15) is 0 Å². The second-order valence-electron chi connectivity index (χ2n) is 7.04. The maximum atomic E-state index is 9.58. The smallest absolute Gasteiger partial charge is 0.0611 e. The molecule has 0 saturated carbocycles. The predicted molar refractivity (Wildman–Crippen MR) is 84.0 cm³/mol. The Balaban J connectivity index is 1.80. The minimum atomic E-state index is -0.116. The lowest BCUT2D eigenvalue weighted by molar-refractivity contribution is 0.0329. The molecular weight excluding hydrogens is 250 g/mol. The maximum Gasteiger partial charge on any atom is 0.0611 e. The minimum absolute atomic E-state index is 0.116. The Morgan fingerprint density at radius 3 is 2.80 bits per heavy atom. The molecule has 2 aliphatic rings. The highest BCUT2D eigenvalue weighted by atomic mass is 16.3. The fraction of sp³-hybridized carbons (Fsp3) is 1.00. The lowest BCUT2D eigenvalue weighted by Gasteiger charge is -2.46. The van der Waals surface area contributed by atoms with E-state index in [1.54, 1.807) is 0 Å². The number of nitrogens with one attached hydrogen (secondary N) is 1. The number of nitrogens with zero attached hydrogens (tertiary/aromatic N) is 2. The molecule has 0 radical (unpaired) electrons. The number of piperidine rings is 2. The molecular formula is C16H33N3O. The third-order valence-electron chi connectivity index (χ3n) is 5.36. The van der Waals surface area contributed by atoms with Crippen molar-refractivity contribution < 1.29 is 5.11 Å². The van der Waals surface area contributed by atoms with E-state index >= 15 is 0 Å². The van der Waals surface area contributed by atoms with Crippen LogP contribution in [0.4, 0.5) is 0 Å². The molecule has 118 valence electrons. The van der Waals surface area contributed by atoms with Crippen LogP contribution in [0.1, 0.15) is 39.5 Å². The summed E-state index contributed by atoms with van der Waals surface area (Å²) in [4.78, 5) is 5.19. The largest absolute Gasteiger partial charge is 0.394 e. The second kappa shape index (κ2) is 7.21. The first-order valence-corrected chi connectivity index (χ1v) is 8.36. The number of hydrogen-bond donors (Lipinski definition) is 2. The lowest BCUT2D eigenvalue weighted by atomic mass is 9.84. The molecule has 2 saturated heterocycles. The number of likely N-dealkylation sites (N-methyl/N-ethyl adjacent to an activating group) is 1. The molecule has 2 rings (SSSR count). The molecule has 2 N–H and O–H groups in total. The zero-order chi connectivity index (χ0) is 14.6. The van der Waals surface area contributed by atoms with E-state index in [1.165, 1.54) is 38.9 Å². The van der Waals surface area contributed by atoms with Gasteiger partial charge in [-0.05, 0) is 71.8 Å². The molecule has 0 spiro atoms. The van der Waals surface area contributed by atoms with Crippen molar-refractivity contribution in [1.82, 2.24) is 15.1 Å². The summed E-state index contributed by atoms with van der Waals surface area (Å²) in [6, 6.07) is 0.818. The van der Waals surface area contributed by atoms with E-state index in [2.05, 4.69) is 36.0 Å². The van der Waals surface area contributed by atoms with Crippen LogP contribution in [0.2, 0.25) is 0 Å². The second-order valence-corrected chi connectivity index (χ2v) is 7.04. The van der Waals surface area contributed by atoms with E-state index in [9.17, 15) is 5.11 Å². The van der Waals surface area contributed by atoms with Gasteiger partial charge in [0, 0.05) is 18.1 Å². The molecule has 0 aromatic carbocycles. The first-order chi connectivity index (χ1) is 9.58. The number of likely N-dealkylation sites (tertiary alicyclic amines) is 2. The molecule has 0 aromatic heterocycles. The van der Waals surface area contributed by atoms with Crippen LogP contribution in [-0.4, -0.2) is 72.9 Å². The Morgan fingerprint density at radius 1 is 1.30 bits per heavy atom. The third-order valence-corrected chi connectivity index (χ3v) is 5.36. The normalized spacial score (nSPS) is 31.8. The molecule has 0 bridgehead atoms. The van der Waals surface area contributed by atoms with E-state index in [-0.39, 0.29) is 12.1 Å². The van der Waals surface area contributed by atoms with Crippen molar-refractivity contribution in [3.05, 3.63) is 0 Å². The SMILES string of the molecule is CCNC(C)(CO)CCN1CCC2C(CCCN2C)C1. The van der Waals surface area contributed by atoms with Crippen LogP contribution in [0.15, 0.2) is 0 Å². The van der Waals surface area contributed by atoms with Crippen LogP contribution in [0.5, 0.6) is 0 Å². The lowest BCUT2D eigenvalue weighted by Crippen LogP contribution is -2.54. The average Bonchev–Trinajstić information content (AvgIpc) is 2.46. The van der Waals surface area contributed by atoms with Gasteiger partial charge in [0.25, 0.3) is 0 Å². The summed E-state index contributed by atoms with van der Waals surface area (Å²) in [5, 5.41) is 13.0. The molecule has 2 aliphatic heterocycles. The van der Waals surface area contributed by atoms with Crippen molar-refractivity contribution in [2.24, 2.45) is 5.92 Å². The Morgan fingerprint density at radius 2 is 2.10 bits per heavy atom. The van der Waals surface area contributed by atoms with Crippen LogP contribution in [0, 0.1) is 5.92 Å². The number of rotatable bonds is 6. The molecule has 3 unspecified atom stereocenters. The first-order valence-electron chi connectivity index (χ1n) is 8.36. The summed E-state index contributed by atoms with van der Waals surface area (Å²) in [6.45, 7) is 10.3.